The molecule has 8 nitrogen and oxygen atoms in total. The lowest BCUT2D eigenvalue weighted by molar-refractivity contribution is 0.164. The number of hydrogen-bond donors (Lipinski definition) is 2. The third-order valence-corrected chi connectivity index (χ3v) is 5.59. The Morgan fingerprint density at radius 3 is 2.69 bits per heavy atom. The first kappa shape index (κ1) is 18.9. The molecule has 26 heavy (non-hydrogen) atoms. The van der Waals surface area contributed by atoms with Crippen LogP contribution in [0.15, 0.2) is 18.3 Å². The maximum Gasteiger partial charge on any atom is 0.322 e. The molecule has 3 rings (SSSR count). The Labute approximate surface area is 155 Å². The van der Waals surface area contributed by atoms with Gasteiger partial charge in [0.05, 0.1) is 11.9 Å². The molecule has 0 spiro atoms. The molecule has 2 fully saturated rings. The number of anilines is 2. The summed E-state index contributed by atoms with van der Waals surface area (Å²) >= 11 is 0. The molecule has 0 bridgehead atoms. The van der Waals surface area contributed by atoms with Gasteiger partial charge in [-0.25, -0.2) is 22.9 Å². The quantitative estimate of drug-likeness (QED) is 0.808. The zero-order valence-corrected chi connectivity index (χ0v) is 16.0. The van der Waals surface area contributed by atoms with Crippen LogP contribution in [0.25, 0.3) is 0 Å². The SMILES string of the molecule is CS(=O)(=O)NCC1CCCCN1C(=O)Nc1cccnc1N1CCCC1. The van der Waals surface area contributed by atoms with Crippen molar-refractivity contribution in [3.63, 3.8) is 0 Å². The minimum atomic E-state index is -3.27. The molecule has 2 saturated heterocycles. The largest absolute Gasteiger partial charge is 0.355 e. The van der Waals surface area contributed by atoms with Crippen molar-refractivity contribution in [1.82, 2.24) is 14.6 Å². The molecule has 0 aliphatic carbocycles. The molecular formula is C17H27N5O3S. The van der Waals surface area contributed by atoms with Gasteiger partial charge in [0, 0.05) is 38.4 Å². The van der Waals surface area contributed by atoms with Gasteiger partial charge in [0.15, 0.2) is 5.82 Å². The highest BCUT2D eigenvalue weighted by atomic mass is 32.2. The predicted octanol–water partition coefficient (Wildman–Crippen LogP) is 1.62. The molecule has 144 valence electrons. The normalized spacial score (nSPS) is 21.0. The van der Waals surface area contributed by atoms with E-state index in [2.05, 4.69) is 19.9 Å². The van der Waals surface area contributed by atoms with E-state index in [-0.39, 0.29) is 18.6 Å². The van der Waals surface area contributed by atoms with E-state index in [0.717, 1.165) is 57.3 Å². The van der Waals surface area contributed by atoms with E-state index in [9.17, 15) is 13.2 Å². The third kappa shape index (κ3) is 4.85. The maximum atomic E-state index is 12.9. The van der Waals surface area contributed by atoms with Crippen molar-refractivity contribution in [3.8, 4) is 0 Å². The summed E-state index contributed by atoms with van der Waals surface area (Å²) in [6.45, 7) is 2.77. The number of nitrogens with zero attached hydrogens (tertiary/aromatic N) is 3. The van der Waals surface area contributed by atoms with E-state index in [1.807, 2.05) is 12.1 Å². The van der Waals surface area contributed by atoms with Crippen molar-refractivity contribution in [2.45, 2.75) is 38.1 Å². The fourth-order valence-electron chi connectivity index (χ4n) is 3.59. The molecule has 1 aromatic rings. The van der Waals surface area contributed by atoms with Crippen LogP contribution < -0.4 is 14.9 Å². The number of rotatable bonds is 5. The minimum Gasteiger partial charge on any atom is -0.355 e. The van der Waals surface area contributed by atoms with E-state index in [1.54, 1.807) is 11.1 Å². The summed E-state index contributed by atoms with van der Waals surface area (Å²) in [4.78, 5) is 21.2. The zero-order valence-electron chi connectivity index (χ0n) is 15.1. The Morgan fingerprint density at radius 1 is 1.23 bits per heavy atom. The highest BCUT2D eigenvalue weighted by molar-refractivity contribution is 7.88. The molecule has 2 aliphatic heterocycles. The van der Waals surface area contributed by atoms with Gasteiger partial charge in [-0.2, -0.15) is 0 Å². The average Bonchev–Trinajstić information content (AvgIpc) is 3.14. The van der Waals surface area contributed by atoms with Crippen molar-refractivity contribution in [3.05, 3.63) is 18.3 Å². The van der Waals surface area contributed by atoms with Crippen molar-refractivity contribution < 1.29 is 13.2 Å². The Hall–Kier alpha value is -1.87. The van der Waals surface area contributed by atoms with Crippen molar-refractivity contribution in [1.29, 1.82) is 0 Å². The van der Waals surface area contributed by atoms with Crippen LogP contribution in [0.4, 0.5) is 16.3 Å². The first-order chi connectivity index (χ1) is 12.4. The number of aromatic nitrogens is 1. The Kier molecular flexibility index (Phi) is 5.98. The van der Waals surface area contributed by atoms with Gasteiger partial charge < -0.3 is 15.1 Å². The smallest absolute Gasteiger partial charge is 0.322 e. The number of nitrogens with one attached hydrogen (secondary N) is 2. The van der Waals surface area contributed by atoms with Crippen LogP contribution in [-0.2, 0) is 10.0 Å². The van der Waals surface area contributed by atoms with Crippen LogP contribution in [-0.4, -0.2) is 62.8 Å². The monoisotopic (exact) mass is 381 g/mol. The van der Waals surface area contributed by atoms with Crippen LogP contribution in [0.1, 0.15) is 32.1 Å². The summed E-state index contributed by atoms with van der Waals surface area (Å²) in [5.74, 6) is 0.807. The standard InChI is InChI=1S/C17H27N5O3S/c1-26(24,25)19-13-14-7-2-3-12-22(14)17(23)20-15-8-6-9-18-16(15)21-10-4-5-11-21/h6,8-9,14,19H,2-5,7,10-13H2,1H3,(H,20,23). The van der Waals surface area contributed by atoms with E-state index in [1.165, 1.54) is 0 Å². The number of urea groups is 1. The van der Waals surface area contributed by atoms with Crippen molar-refractivity contribution in [2.75, 3.05) is 42.7 Å². The third-order valence-electron chi connectivity index (χ3n) is 4.90. The van der Waals surface area contributed by atoms with Crippen LogP contribution in [0.3, 0.4) is 0 Å². The van der Waals surface area contributed by atoms with Crippen LogP contribution in [0.2, 0.25) is 0 Å². The van der Waals surface area contributed by atoms with Gasteiger partial charge >= 0.3 is 6.03 Å². The molecule has 0 radical (unpaired) electrons. The molecule has 1 aromatic heterocycles. The number of pyridine rings is 1. The molecule has 2 amide bonds. The fraction of sp³-hybridized carbons (Fsp3) is 0.647. The summed E-state index contributed by atoms with van der Waals surface area (Å²) in [5.41, 5.74) is 0.708. The number of hydrogen-bond acceptors (Lipinski definition) is 5. The van der Waals surface area contributed by atoms with Gasteiger partial charge in [-0.15, -0.1) is 0 Å². The second-order valence-corrected chi connectivity index (χ2v) is 8.80. The highest BCUT2D eigenvalue weighted by Gasteiger charge is 2.28. The Bertz CT molecular complexity index is 734. The number of amides is 2. The molecule has 2 N–H and O–H groups in total. The zero-order chi connectivity index (χ0) is 18.6. The van der Waals surface area contributed by atoms with Crippen LogP contribution >= 0.6 is 0 Å². The Balaban J connectivity index is 1.70. The number of piperidine rings is 1. The molecule has 1 unspecified atom stereocenters. The summed E-state index contributed by atoms with van der Waals surface area (Å²) in [7, 11) is -3.27. The molecule has 3 heterocycles. The molecule has 0 saturated carbocycles. The first-order valence-electron chi connectivity index (χ1n) is 9.16. The predicted molar refractivity (Wildman–Crippen MR) is 102 cm³/mol. The maximum absolute atomic E-state index is 12.9. The highest BCUT2D eigenvalue weighted by Crippen LogP contribution is 2.27. The molecule has 0 aromatic carbocycles. The van der Waals surface area contributed by atoms with Gasteiger partial charge in [-0.3, -0.25) is 0 Å². The van der Waals surface area contributed by atoms with Crippen molar-refractivity contribution >= 4 is 27.6 Å². The lowest BCUT2D eigenvalue weighted by Gasteiger charge is -2.36. The van der Waals surface area contributed by atoms with Crippen LogP contribution in [0.5, 0.6) is 0 Å². The molecule has 1 atom stereocenters. The molecular weight excluding hydrogens is 354 g/mol. The average molecular weight is 382 g/mol. The van der Waals surface area contributed by atoms with E-state index < -0.39 is 10.0 Å². The molecule has 9 heteroatoms. The minimum absolute atomic E-state index is 0.134. The second-order valence-electron chi connectivity index (χ2n) is 6.96. The van der Waals surface area contributed by atoms with E-state index in [0.29, 0.717) is 12.2 Å². The van der Waals surface area contributed by atoms with E-state index >= 15 is 0 Å². The van der Waals surface area contributed by atoms with Gasteiger partial charge in [-0.1, -0.05) is 0 Å². The summed E-state index contributed by atoms with van der Waals surface area (Å²) < 4.78 is 25.3. The Morgan fingerprint density at radius 2 is 1.96 bits per heavy atom. The summed E-state index contributed by atoms with van der Waals surface area (Å²) in [5, 5.41) is 2.99. The summed E-state index contributed by atoms with van der Waals surface area (Å²) in [6.07, 6.45) is 7.86. The van der Waals surface area contributed by atoms with Gasteiger partial charge in [-0.05, 0) is 44.2 Å². The number of carbonyl (C=O) groups excluding carboxylic acids is 1. The summed E-state index contributed by atoms with van der Waals surface area (Å²) in [6, 6.07) is 3.35. The lowest BCUT2D eigenvalue weighted by atomic mass is 10.0. The van der Waals surface area contributed by atoms with Gasteiger partial charge in [0.25, 0.3) is 0 Å². The van der Waals surface area contributed by atoms with E-state index in [4.69, 9.17) is 0 Å². The lowest BCUT2D eigenvalue weighted by Crippen LogP contribution is -2.50. The fourth-order valence-corrected chi connectivity index (χ4v) is 4.09. The second kappa shape index (κ2) is 8.22. The first-order valence-corrected chi connectivity index (χ1v) is 11.1. The van der Waals surface area contributed by atoms with Crippen molar-refractivity contribution in [2.24, 2.45) is 0 Å². The molecule has 2 aliphatic rings. The number of carbonyl (C=O) groups is 1. The van der Waals surface area contributed by atoms with Gasteiger partial charge in [0.2, 0.25) is 10.0 Å². The number of likely N-dealkylation sites (tertiary alicyclic amines) is 1. The van der Waals surface area contributed by atoms with Gasteiger partial charge in [0.1, 0.15) is 0 Å². The number of sulfonamides is 1. The van der Waals surface area contributed by atoms with Crippen LogP contribution in [0, 0.1) is 0 Å². The topological polar surface area (TPSA) is 94.6 Å².